The Morgan fingerprint density at radius 1 is 1.17 bits per heavy atom. The van der Waals surface area contributed by atoms with E-state index in [4.69, 9.17) is 4.98 Å². The van der Waals surface area contributed by atoms with Crippen molar-refractivity contribution in [2.24, 2.45) is 0 Å². The lowest BCUT2D eigenvalue weighted by atomic mass is 10.0. The van der Waals surface area contributed by atoms with Crippen LogP contribution in [0.15, 0.2) is 54.9 Å². The van der Waals surface area contributed by atoms with Crippen LogP contribution >= 0.6 is 0 Å². The molecule has 1 amide bonds. The lowest BCUT2D eigenvalue weighted by molar-refractivity contribution is -0.119. The number of anilines is 5. The van der Waals surface area contributed by atoms with Gasteiger partial charge in [-0.05, 0) is 55.7 Å². The maximum atomic E-state index is 13.9. The van der Waals surface area contributed by atoms with Crippen molar-refractivity contribution in [1.82, 2.24) is 20.2 Å². The molecule has 180 valence electrons. The van der Waals surface area contributed by atoms with Crippen molar-refractivity contribution in [3.05, 3.63) is 60.4 Å². The van der Waals surface area contributed by atoms with E-state index in [1.807, 2.05) is 31.2 Å². The molecule has 0 saturated heterocycles. The highest BCUT2D eigenvalue weighted by atomic mass is 16.2. The predicted molar refractivity (Wildman–Crippen MR) is 139 cm³/mol. The van der Waals surface area contributed by atoms with Crippen molar-refractivity contribution >= 4 is 45.6 Å². The van der Waals surface area contributed by atoms with Crippen molar-refractivity contribution in [2.45, 2.75) is 51.1 Å². The number of carbonyl (C=O) groups excluding carboxylic acids is 1. The first-order valence-electron chi connectivity index (χ1n) is 12.4. The predicted octanol–water partition coefficient (Wildman–Crippen LogP) is 5.17. The molecule has 1 saturated carbocycles. The van der Waals surface area contributed by atoms with E-state index in [1.54, 1.807) is 35.5 Å². The molecule has 4 aromatic rings. The number of hydrogen-bond acceptors (Lipinski definition) is 7. The van der Waals surface area contributed by atoms with Crippen LogP contribution in [0, 0.1) is 11.3 Å². The van der Waals surface area contributed by atoms with Crippen molar-refractivity contribution in [3.8, 4) is 6.07 Å². The van der Waals surface area contributed by atoms with Crippen LogP contribution in [0.4, 0.5) is 28.8 Å². The molecule has 9 nitrogen and oxygen atoms in total. The largest absolute Gasteiger partial charge is 0.340 e. The van der Waals surface area contributed by atoms with Gasteiger partial charge in [0.25, 0.3) is 5.91 Å². The third-order valence-corrected chi connectivity index (χ3v) is 7.11. The number of carbonyl (C=O) groups is 1. The highest BCUT2D eigenvalue weighted by Crippen LogP contribution is 2.43. The Morgan fingerprint density at radius 3 is 2.83 bits per heavy atom. The van der Waals surface area contributed by atoms with Gasteiger partial charge in [-0.25, -0.2) is 4.98 Å². The van der Waals surface area contributed by atoms with Gasteiger partial charge in [0.2, 0.25) is 5.95 Å². The average molecular weight is 479 g/mol. The fraction of sp³-hybridized carbons (Fsp3) is 0.296. The quantitative estimate of drug-likeness (QED) is 0.406. The first-order valence-corrected chi connectivity index (χ1v) is 12.4. The molecular weight excluding hydrogens is 452 g/mol. The van der Waals surface area contributed by atoms with Crippen molar-refractivity contribution < 1.29 is 4.79 Å². The van der Waals surface area contributed by atoms with Crippen LogP contribution in [-0.4, -0.2) is 38.2 Å². The van der Waals surface area contributed by atoms with Crippen LogP contribution in [0.5, 0.6) is 0 Å². The van der Waals surface area contributed by atoms with Crippen LogP contribution in [0.2, 0.25) is 0 Å². The number of hydrogen-bond donors (Lipinski definition) is 2. The van der Waals surface area contributed by atoms with Gasteiger partial charge in [0.05, 0.1) is 35.2 Å². The van der Waals surface area contributed by atoms with E-state index < -0.39 is 0 Å². The number of aromatic nitrogens is 4. The summed E-state index contributed by atoms with van der Waals surface area (Å²) in [4.78, 5) is 27.3. The minimum atomic E-state index is -0.337. The third kappa shape index (κ3) is 3.71. The average Bonchev–Trinajstić information content (AvgIpc) is 3.60. The van der Waals surface area contributed by atoms with Crippen LogP contribution in [0.1, 0.15) is 44.6 Å². The summed E-state index contributed by atoms with van der Waals surface area (Å²) in [6.07, 6.45) is 8.53. The van der Waals surface area contributed by atoms with Crippen LogP contribution < -0.4 is 15.1 Å². The fourth-order valence-electron chi connectivity index (χ4n) is 5.42. The molecule has 3 heterocycles. The number of rotatable bonds is 5. The maximum Gasteiger partial charge on any atom is 0.254 e. The molecule has 0 bridgehead atoms. The number of nitriles is 1. The van der Waals surface area contributed by atoms with Crippen LogP contribution in [0.25, 0.3) is 10.9 Å². The summed E-state index contributed by atoms with van der Waals surface area (Å²) in [6, 6.07) is 15.1. The third-order valence-electron chi connectivity index (χ3n) is 7.11. The minimum Gasteiger partial charge on any atom is -0.340 e. The summed E-state index contributed by atoms with van der Waals surface area (Å²) in [5, 5.41) is 20.8. The highest BCUT2D eigenvalue weighted by molar-refractivity contribution is 6.10. The Labute approximate surface area is 208 Å². The molecule has 2 N–H and O–H groups in total. The fourth-order valence-corrected chi connectivity index (χ4v) is 5.42. The van der Waals surface area contributed by atoms with Gasteiger partial charge >= 0.3 is 0 Å². The second-order valence-corrected chi connectivity index (χ2v) is 9.30. The molecule has 1 fully saturated rings. The number of nitrogens with one attached hydrogen (secondary N) is 2. The minimum absolute atomic E-state index is 0.0123. The Balaban J connectivity index is 1.46. The lowest BCUT2D eigenvalue weighted by Gasteiger charge is -2.44. The molecule has 9 heteroatoms. The number of nitrogens with zero attached hydrogens (tertiary/aromatic N) is 6. The number of amides is 1. The summed E-state index contributed by atoms with van der Waals surface area (Å²) in [6.45, 7) is 2.04. The number of fused-ring (bicyclic) bond motifs is 2. The topological polar surface area (TPSA) is 114 Å². The molecule has 0 radical (unpaired) electrons. The molecule has 36 heavy (non-hydrogen) atoms. The van der Waals surface area contributed by atoms with E-state index in [0.717, 1.165) is 48.1 Å². The standard InChI is InChI=1S/C27H26N8O/c1-2-23-26(36)35(21-9-5-6-17(12-21)14-28)24-16-29-27(32-25(24)34(23)20-7-3-4-8-20)31-19-10-11-22-18(13-19)15-30-33-22/h5-6,9-13,15-16,20,23H,2-4,7-8H2,1H3,(H,30,33)(H,29,31,32)/t23-/m1/s1. The van der Waals surface area contributed by atoms with Crippen molar-refractivity contribution in [2.75, 3.05) is 15.1 Å². The summed E-state index contributed by atoms with van der Waals surface area (Å²) >= 11 is 0. The van der Waals surface area contributed by atoms with Crippen molar-refractivity contribution in [3.63, 3.8) is 0 Å². The second-order valence-electron chi connectivity index (χ2n) is 9.30. The molecule has 0 unspecified atom stereocenters. The van der Waals surface area contributed by atoms with E-state index in [1.165, 1.54) is 0 Å². The number of H-pyrrole nitrogens is 1. The molecular formula is C27H26N8O. The maximum absolute atomic E-state index is 13.9. The highest BCUT2D eigenvalue weighted by Gasteiger charge is 2.43. The molecule has 2 aromatic heterocycles. The summed E-state index contributed by atoms with van der Waals surface area (Å²) < 4.78 is 0. The van der Waals surface area contributed by atoms with E-state index in [9.17, 15) is 10.1 Å². The van der Waals surface area contributed by atoms with Gasteiger partial charge < -0.3 is 10.2 Å². The van der Waals surface area contributed by atoms with Crippen LogP contribution in [-0.2, 0) is 4.79 Å². The van der Waals surface area contributed by atoms with Gasteiger partial charge in [0, 0.05) is 17.1 Å². The molecule has 6 rings (SSSR count). The van der Waals surface area contributed by atoms with Gasteiger partial charge in [-0.1, -0.05) is 25.8 Å². The van der Waals surface area contributed by atoms with Gasteiger partial charge in [-0.2, -0.15) is 15.3 Å². The van der Waals surface area contributed by atoms with Gasteiger partial charge in [0.1, 0.15) is 11.7 Å². The first-order chi connectivity index (χ1) is 17.7. The Bertz CT molecular complexity index is 1480. The van der Waals surface area contributed by atoms with Crippen LogP contribution in [0.3, 0.4) is 0 Å². The molecule has 2 aliphatic rings. The van der Waals surface area contributed by atoms with E-state index in [2.05, 4.69) is 31.5 Å². The van der Waals surface area contributed by atoms with Gasteiger partial charge in [-0.15, -0.1) is 0 Å². The van der Waals surface area contributed by atoms with Crippen molar-refractivity contribution in [1.29, 1.82) is 5.26 Å². The summed E-state index contributed by atoms with van der Waals surface area (Å²) in [5.74, 6) is 1.20. The molecule has 2 aromatic carbocycles. The molecule has 1 aliphatic carbocycles. The summed E-state index contributed by atoms with van der Waals surface area (Å²) in [5.41, 5.74) is 3.61. The Morgan fingerprint density at radius 2 is 2.03 bits per heavy atom. The first kappa shape index (κ1) is 22.0. The normalized spacial score (nSPS) is 17.9. The van der Waals surface area contributed by atoms with E-state index >= 15 is 0 Å². The zero-order valence-electron chi connectivity index (χ0n) is 20.0. The summed E-state index contributed by atoms with van der Waals surface area (Å²) in [7, 11) is 0. The number of benzene rings is 2. The monoisotopic (exact) mass is 478 g/mol. The molecule has 1 aliphatic heterocycles. The lowest BCUT2D eigenvalue weighted by Crippen LogP contribution is -2.55. The van der Waals surface area contributed by atoms with Gasteiger partial charge in [-0.3, -0.25) is 14.8 Å². The van der Waals surface area contributed by atoms with Gasteiger partial charge in [0.15, 0.2) is 5.82 Å². The second kappa shape index (κ2) is 8.96. The zero-order valence-corrected chi connectivity index (χ0v) is 20.0. The van der Waals surface area contributed by atoms with E-state index in [0.29, 0.717) is 29.3 Å². The Kier molecular flexibility index (Phi) is 5.49. The smallest absolute Gasteiger partial charge is 0.254 e. The van der Waals surface area contributed by atoms with E-state index in [-0.39, 0.29) is 18.0 Å². The molecule has 0 spiro atoms. The SMILES string of the molecule is CC[C@@H]1C(=O)N(c2cccc(C#N)c2)c2cnc(Nc3ccc4[nH]ncc4c3)nc2N1C1CCCC1. The Hall–Kier alpha value is -4.45. The molecule has 1 atom stereocenters. The zero-order chi connectivity index (χ0) is 24.6. The number of aromatic amines is 1.